The van der Waals surface area contributed by atoms with E-state index in [4.69, 9.17) is 11.6 Å². The highest BCUT2D eigenvalue weighted by Gasteiger charge is 2.21. The van der Waals surface area contributed by atoms with Crippen LogP contribution in [0.25, 0.3) is 10.9 Å². The second-order valence-electron chi connectivity index (χ2n) is 7.06. The van der Waals surface area contributed by atoms with E-state index in [-0.39, 0.29) is 17.5 Å². The van der Waals surface area contributed by atoms with Crippen LogP contribution in [0.2, 0.25) is 5.02 Å². The minimum Gasteiger partial charge on any atom is -0.324 e. The molecule has 0 saturated heterocycles. The van der Waals surface area contributed by atoms with Crippen molar-refractivity contribution in [3.63, 3.8) is 0 Å². The normalized spacial score (nSPS) is 12.4. The van der Waals surface area contributed by atoms with Crippen LogP contribution in [0, 0.1) is 6.92 Å². The van der Waals surface area contributed by atoms with E-state index in [1.165, 1.54) is 11.8 Å². The summed E-state index contributed by atoms with van der Waals surface area (Å²) in [5, 5.41) is 3.97. The Kier molecular flexibility index (Phi) is 6.71. The van der Waals surface area contributed by atoms with Gasteiger partial charge in [-0.05, 0) is 79.5 Å². The number of carbonyl (C=O) groups is 1. The van der Waals surface area contributed by atoms with Gasteiger partial charge in [0.05, 0.1) is 21.8 Å². The number of thioether (sulfide) groups is 1. The Morgan fingerprint density at radius 3 is 2.59 bits per heavy atom. The van der Waals surface area contributed by atoms with Gasteiger partial charge in [-0.3, -0.25) is 14.2 Å². The molecule has 0 aliphatic carbocycles. The lowest BCUT2D eigenvalue weighted by atomic mass is 10.2. The quantitative estimate of drug-likeness (QED) is 0.358. The van der Waals surface area contributed by atoms with Gasteiger partial charge < -0.3 is 5.32 Å². The largest absolute Gasteiger partial charge is 0.324 e. The molecule has 0 fully saturated rings. The topological polar surface area (TPSA) is 64.0 Å². The summed E-state index contributed by atoms with van der Waals surface area (Å²) in [4.78, 5) is 30.4. The van der Waals surface area contributed by atoms with E-state index in [0.717, 1.165) is 10.0 Å². The van der Waals surface area contributed by atoms with Gasteiger partial charge in [0.2, 0.25) is 5.91 Å². The number of anilines is 1. The summed E-state index contributed by atoms with van der Waals surface area (Å²) >= 11 is 10.8. The first-order valence-corrected chi connectivity index (χ1v) is 11.2. The fraction of sp³-hybridized carbons (Fsp3) is 0.286. The van der Waals surface area contributed by atoms with E-state index in [1.54, 1.807) is 29.7 Å². The Hall–Kier alpha value is -1.83. The summed E-state index contributed by atoms with van der Waals surface area (Å²) in [5.41, 5.74) is 2.18. The van der Waals surface area contributed by atoms with Crippen molar-refractivity contribution >= 4 is 61.8 Å². The first kappa shape index (κ1) is 21.9. The number of amides is 1. The zero-order valence-corrected chi connectivity index (χ0v) is 19.7. The van der Waals surface area contributed by atoms with E-state index in [1.807, 2.05) is 39.0 Å². The van der Waals surface area contributed by atoms with Gasteiger partial charge in [0.15, 0.2) is 5.16 Å². The highest BCUT2D eigenvalue weighted by atomic mass is 79.9. The number of aromatic nitrogens is 2. The van der Waals surface area contributed by atoms with Gasteiger partial charge in [-0.2, -0.15) is 0 Å². The van der Waals surface area contributed by atoms with Gasteiger partial charge >= 0.3 is 0 Å². The van der Waals surface area contributed by atoms with E-state index < -0.39 is 5.25 Å². The summed E-state index contributed by atoms with van der Waals surface area (Å²) in [6.45, 7) is 7.62. The van der Waals surface area contributed by atoms with Crippen LogP contribution in [0.3, 0.4) is 0 Å². The molecule has 2 aromatic carbocycles. The third-order valence-corrected chi connectivity index (χ3v) is 6.34. The van der Waals surface area contributed by atoms with Gasteiger partial charge in [-0.25, -0.2) is 4.98 Å². The van der Waals surface area contributed by atoms with Gasteiger partial charge in [-0.1, -0.05) is 29.4 Å². The van der Waals surface area contributed by atoms with Crippen LogP contribution in [0.1, 0.15) is 32.4 Å². The van der Waals surface area contributed by atoms with Crippen LogP contribution in [0.4, 0.5) is 5.69 Å². The number of hydrogen-bond acceptors (Lipinski definition) is 4. The monoisotopic (exact) mass is 493 g/mol. The van der Waals surface area contributed by atoms with Crippen molar-refractivity contribution in [2.45, 2.75) is 44.1 Å². The smallest absolute Gasteiger partial charge is 0.262 e. The molecular weight excluding hydrogens is 474 g/mol. The van der Waals surface area contributed by atoms with E-state index in [2.05, 4.69) is 26.2 Å². The third kappa shape index (κ3) is 4.85. The first-order valence-electron chi connectivity index (χ1n) is 9.13. The SMILES string of the molecule is Cc1ccc(NC(=O)[C@H](C)Sc2nc3cc(Cl)ccc3c(=O)n2C(C)C)c(Br)c1. The molecule has 3 aromatic rings. The Balaban J connectivity index is 1.92. The van der Waals surface area contributed by atoms with Crippen molar-refractivity contribution < 1.29 is 4.79 Å². The standard InChI is InChI=1S/C21H21BrClN3O2S/c1-11(2)26-20(28)15-7-6-14(23)10-18(15)25-21(26)29-13(4)19(27)24-17-8-5-12(3)9-16(17)22/h5-11,13H,1-4H3,(H,24,27)/t13-/m0/s1. The molecule has 29 heavy (non-hydrogen) atoms. The Labute approximate surface area is 187 Å². The number of benzene rings is 2. The molecule has 152 valence electrons. The van der Waals surface area contributed by atoms with Crippen molar-refractivity contribution in [3.05, 3.63) is 61.8 Å². The van der Waals surface area contributed by atoms with Crippen molar-refractivity contribution in [1.82, 2.24) is 9.55 Å². The molecule has 8 heteroatoms. The number of fused-ring (bicyclic) bond motifs is 1. The zero-order chi connectivity index (χ0) is 21.3. The van der Waals surface area contributed by atoms with E-state index in [9.17, 15) is 9.59 Å². The zero-order valence-electron chi connectivity index (χ0n) is 16.5. The maximum Gasteiger partial charge on any atom is 0.262 e. The fourth-order valence-electron chi connectivity index (χ4n) is 2.86. The minimum atomic E-state index is -0.461. The maximum absolute atomic E-state index is 13.0. The number of hydrogen-bond donors (Lipinski definition) is 1. The second-order valence-corrected chi connectivity index (χ2v) is 9.66. The van der Waals surface area contributed by atoms with Gasteiger partial charge in [-0.15, -0.1) is 0 Å². The molecule has 3 rings (SSSR count). The number of aryl methyl sites for hydroxylation is 1. The van der Waals surface area contributed by atoms with Crippen LogP contribution < -0.4 is 10.9 Å². The van der Waals surface area contributed by atoms with Gasteiger partial charge in [0, 0.05) is 15.5 Å². The summed E-state index contributed by atoms with van der Waals surface area (Å²) in [6.07, 6.45) is 0. The van der Waals surface area contributed by atoms with Crippen LogP contribution in [-0.4, -0.2) is 20.7 Å². The summed E-state index contributed by atoms with van der Waals surface area (Å²) in [7, 11) is 0. The molecule has 1 aromatic heterocycles. The first-order chi connectivity index (χ1) is 13.7. The van der Waals surface area contributed by atoms with E-state index in [0.29, 0.717) is 26.8 Å². The van der Waals surface area contributed by atoms with Gasteiger partial charge in [0.25, 0.3) is 5.56 Å². The van der Waals surface area contributed by atoms with E-state index >= 15 is 0 Å². The number of nitrogens with one attached hydrogen (secondary N) is 1. The number of nitrogens with zero attached hydrogens (tertiary/aromatic N) is 2. The molecule has 1 N–H and O–H groups in total. The Bertz CT molecular complexity index is 1150. The number of rotatable bonds is 5. The molecule has 0 saturated carbocycles. The Morgan fingerprint density at radius 1 is 1.21 bits per heavy atom. The molecule has 0 radical (unpaired) electrons. The lowest BCUT2D eigenvalue weighted by Crippen LogP contribution is -2.28. The molecule has 0 bridgehead atoms. The molecule has 0 unspecified atom stereocenters. The van der Waals surface area contributed by atoms with Crippen molar-refractivity contribution in [2.75, 3.05) is 5.32 Å². The molecule has 1 atom stereocenters. The second kappa shape index (κ2) is 8.90. The summed E-state index contributed by atoms with van der Waals surface area (Å²) < 4.78 is 2.44. The molecule has 5 nitrogen and oxygen atoms in total. The minimum absolute atomic E-state index is 0.0981. The Morgan fingerprint density at radius 2 is 1.93 bits per heavy atom. The average Bonchev–Trinajstić information content (AvgIpc) is 2.63. The number of halogens is 2. The lowest BCUT2D eigenvalue weighted by Gasteiger charge is -2.19. The molecule has 0 spiro atoms. The van der Waals surface area contributed by atoms with Crippen LogP contribution in [0.15, 0.2) is 50.8 Å². The van der Waals surface area contributed by atoms with Gasteiger partial charge in [0.1, 0.15) is 0 Å². The highest BCUT2D eigenvalue weighted by Crippen LogP contribution is 2.28. The summed E-state index contributed by atoms with van der Waals surface area (Å²) in [6, 6.07) is 10.7. The molecule has 1 heterocycles. The van der Waals surface area contributed by atoms with Crippen molar-refractivity contribution in [2.24, 2.45) is 0 Å². The molecule has 0 aliphatic heterocycles. The molecule has 0 aliphatic rings. The molecular formula is C21H21BrClN3O2S. The average molecular weight is 495 g/mol. The predicted molar refractivity (Wildman–Crippen MR) is 124 cm³/mol. The molecule has 1 amide bonds. The third-order valence-electron chi connectivity index (χ3n) is 4.38. The maximum atomic E-state index is 13.0. The van der Waals surface area contributed by atoms with Crippen molar-refractivity contribution in [3.8, 4) is 0 Å². The number of carbonyl (C=O) groups excluding carboxylic acids is 1. The fourth-order valence-corrected chi connectivity index (χ4v) is 4.66. The van der Waals surface area contributed by atoms with Crippen LogP contribution in [-0.2, 0) is 4.79 Å². The lowest BCUT2D eigenvalue weighted by molar-refractivity contribution is -0.115. The highest BCUT2D eigenvalue weighted by molar-refractivity contribution is 9.10. The van der Waals surface area contributed by atoms with Crippen molar-refractivity contribution in [1.29, 1.82) is 0 Å². The van der Waals surface area contributed by atoms with Crippen LogP contribution in [0.5, 0.6) is 0 Å². The predicted octanol–water partition coefficient (Wildman–Crippen LogP) is 5.82. The van der Waals surface area contributed by atoms with Crippen LogP contribution >= 0.6 is 39.3 Å². The summed E-state index contributed by atoms with van der Waals surface area (Å²) in [5.74, 6) is -0.171.